The summed E-state index contributed by atoms with van der Waals surface area (Å²) in [6, 6.07) is 10.6. The van der Waals surface area contributed by atoms with Gasteiger partial charge < -0.3 is 9.47 Å². The predicted octanol–water partition coefficient (Wildman–Crippen LogP) is 4.98. The predicted molar refractivity (Wildman–Crippen MR) is 89.6 cm³/mol. The SMILES string of the molecule is COC1(OC)CC[C@@H](C(C)(C)C)C[C@@H]1Sc1ccccc1. The van der Waals surface area contributed by atoms with E-state index in [0.29, 0.717) is 16.6 Å². The first-order chi connectivity index (χ1) is 9.91. The van der Waals surface area contributed by atoms with Crippen LogP contribution >= 0.6 is 11.8 Å². The highest BCUT2D eigenvalue weighted by Crippen LogP contribution is 2.48. The Labute approximate surface area is 133 Å². The van der Waals surface area contributed by atoms with Gasteiger partial charge in [0.2, 0.25) is 0 Å². The Balaban J connectivity index is 2.21. The molecule has 0 heterocycles. The van der Waals surface area contributed by atoms with Crippen LogP contribution in [0.2, 0.25) is 0 Å². The number of ether oxygens (including phenoxy) is 2. The summed E-state index contributed by atoms with van der Waals surface area (Å²) in [6.07, 6.45) is 3.26. The Morgan fingerprint density at radius 3 is 2.24 bits per heavy atom. The highest BCUT2D eigenvalue weighted by molar-refractivity contribution is 8.00. The highest BCUT2D eigenvalue weighted by Gasteiger charge is 2.47. The fraction of sp³-hybridized carbons (Fsp3) is 0.667. The molecular formula is C18H28O2S. The number of benzene rings is 1. The first-order valence-corrected chi connectivity index (χ1v) is 8.61. The van der Waals surface area contributed by atoms with Crippen molar-refractivity contribution in [1.29, 1.82) is 0 Å². The largest absolute Gasteiger partial charge is 0.352 e. The second-order valence-corrected chi connectivity index (χ2v) is 8.25. The molecule has 1 saturated carbocycles. The smallest absolute Gasteiger partial charge is 0.179 e. The standard InChI is InChI=1S/C18H28O2S/c1-17(2,3)14-11-12-18(19-4,20-5)16(13-14)21-15-9-7-6-8-10-15/h6-10,14,16H,11-13H2,1-5H3/t14-,16+/m1/s1. The number of hydrogen-bond donors (Lipinski definition) is 0. The van der Waals surface area contributed by atoms with E-state index in [1.54, 1.807) is 14.2 Å². The third-order valence-electron chi connectivity index (χ3n) is 4.77. The molecule has 0 saturated heterocycles. The molecule has 0 amide bonds. The van der Waals surface area contributed by atoms with Crippen LogP contribution in [0.25, 0.3) is 0 Å². The maximum atomic E-state index is 5.83. The summed E-state index contributed by atoms with van der Waals surface area (Å²) in [7, 11) is 3.55. The molecule has 118 valence electrons. The molecule has 0 N–H and O–H groups in total. The van der Waals surface area contributed by atoms with Gasteiger partial charge >= 0.3 is 0 Å². The van der Waals surface area contributed by atoms with Gasteiger partial charge in [0.1, 0.15) is 0 Å². The van der Waals surface area contributed by atoms with Crippen molar-refractivity contribution in [2.45, 2.75) is 56.0 Å². The van der Waals surface area contributed by atoms with Crippen LogP contribution in [0.5, 0.6) is 0 Å². The van der Waals surface area contributed by atoms with E-state index in [4.69, 9.17) is 9.47 Å². The molecule has 1 aliphatic rings. The zero-order chi connectivity index (χ0) is 15.5. The molecule has 1 aromatic rings. The maximum absolute atomic E-state index is 5.83. The lowest BCUT2D eigenvalue weighted by atomic mass is 9.70. The van der Waals surface area contributed by atoms with E-state index in [1.807, 2.05) is 11.8 Å². The first kappa shape index (κ1) is 16.9. The second-order valence-electron chi connectivity index (χ2n) is 6.98. The van der Waals surface area contributed by atoms with Crippen molar-refractivity contribution in [2.75, 3.05) is 14.2 Å². The normalized spacial score (nSPS) is 25.8. The molecule has 0 unspecified atom stereocenters. The molecule has 0 aliphatic heterocycles. The van der Waals surface area contributed by atoms with E-state index in [1.165, 1.54) is 4.90 Å². The molecule has 3 heteroatoms. The van der Waals surface area contributed by atoms with Crippen LogP contribution in [0.3, 0.4) is 0 Å². The Kier molecular flexibility index (Phi) is 5.39. The van der Waals surface area contributed by atoms with E-state index >= 15 is 0 Å². The van der Waals surface area contributed by atoms with Crippen LogP contribution in [0.15, 0.2) is 35.2 Å². The fourth-order valence-electron chi connectivity index (χ4n) is 3.23. The molecule has 0 radical (unpaired) electrons. The molecule has 0 aromatic heterocycles. The van der Waals surface area contributed by atoms with Gasteiger partial charge in [-0.15, -0.1) is 11.8 Å². The van der Waals surface area contributed by atoms with Gasteiger partial charge in [0.15, 0.2) is 5.79 Å². The molecule has 2 rings (SSSR count). The number of methoxy groups -OCH3 is 2. The summed E-state index contributed by atoms with van der Waals surface area (Å²) in [5.41, 5.74) is 0.336. The zero-order valence-electron chi connectivity index (χ0n) is 13.9. The molecule has 1 fully saturated rings. The first-order valence-electron chi connectivity index (χ1n) is 7.73. The van der Waals surface area contributed by atoms with E-state index in [-0.39, 0.29) is 0 Å². The van der Waals surface area contributed by atoms with Crippen molar-refractivity contribution in [3.05, 3.63) is 30.3 Å². The second kappa shape index (κ2) is 6.72. The van der Waals surface area contributed by atoms with Gasteiger partial charge in [-0.3, -0.25) is 0 Å². The zero-order valence-corrected chi connectivity index (χ0v) is 14.7. The van der Waals surface area contributed by atoms with Crippen LogP contribution in [-0.4, -0.2) is 25.3 Å². The molecule has 21 heavy (non-hydrogen) atoms. The molecule has 0 bridgehead atoms. The van der Waals surface area contributed by atoms with Crippen molar-refractivity contribution in [2.24, 2.45) is 11.3 Å². The van der Waals surface area contributed by atoms with Gasteiger partial charge in [0.25, 0.3) is 0 Å². The van der Waals surface area contributed by atoms with Crippen LogP contribution in [0, 0.1) is 11.3 Å². The summed E-state index contributed by atoms with van der Waals surface area (Å²) in [6.45, 7) is 7.03. The van der Waals surface area contributed by atoms with E-state index in [9.17, 15) is 0 Å². The summed E-state index contributed by atoms with van der Waals surface area (Å²) in [4.78, 5) is 1.29. The summed E-state index contributed by atoms with van der Waals surface area (Å²) in [5.74, 6) is 0.250. The topological polar surface area (TPSA) is 18.5 Å². The third kappa shape index (κ3) is 3.82. The average molecular weight is 308 g/mol. The monoisotopic (exact) mass is 308 g/mol. The van der Waals surface area contributed by atoms with Crippen molar-refractivity contribution in [3.63, 3.8) is 0 Å². The van der Waals surface area contributed by atoms with Crippen molar-refractivity contribution >= 4 is 11.8 Å². The Morgan fingerprint density at radius 1 is 1.10 bits per heavy atom. The van der Waals surface area contributed by atoms with Gasteiger partial charge in [-0.25, -0.2) is 0 Å². The van der Waals surface area contributed by atoms with E-state index in [0.717, 1.165) is 19.3 Å². The lowest BCUT2D eigenvalue weighted by Gasteiger charge is -2.47. The Bertz CT molecular complexity index is 434. The number of thioether (sulfide) groups is 1. The highest BCUT2D eigenvalue weighted by atomic mass is 32.2. The number of rotatable bonds is 4. The minimum Gasteiger partial charge on any atom is -0.352 e. The van der Waals surface area contributed by atoms with Gasteiger partial charge in [-0.1, -0.05) is 39.0 Å². The summed E-state index contributed by atoms with van der Waals surface area (Å²) in [5, 5.41) is 0.327. The van der Waals surface area contributed by atoms with Gasteiger partial charge in [0.05, 0.1) is 5.25 Å². The van der Waals surface area contributed by atoms with Gasteiger partial charge in [-0.2, -0.15) is 0 Å². The minimum absolute atomic E-state index is 0.327. The Morgan fingerprint density at radius 2 is 1.71 bits per heavy atom. The fourth-order valence-corrected chi connectivity index (χ4v) is 4.69. The summed E-state index contributed by atoms with van der Waals surface area (Å²) >= 11 is 1.89. The van der Waals surface area contributed by atoms with Crippen molar-refractivity contribution in [1.82, 2.24) is 0 Å². The van der Waals surface area contributed by atoms with E-state index < -0.39 is 5.79 Å². The quantitative estimate of drug-likeness (QED) is 0.731. The van der Waals surface area contributed by atoms with Crippen LogP contribution < -0.4 is 0 Å². The lowest BCUT2D eigenvalue weighted by Crippen LogP contribution is -2.50. The van der Waals surface area contributed by atoms with Crippen LogP contribution in [0.1, 0.15) is 40.0 Å². The maximum Gasteiger partial charge on any atom is 0.179 e. The molecule has 2 nitrogen and oxygen atoms in total. The number of hydrogen-bond acceptors (Lipinski definition) is 3. The lowest BCUT2D eigenvalue weighted by molar-refractivity contribution is -0.225. The van der Waals surface area contributed by atoms with Crippen molar-refractivity contribution in [3.8, 4) is 0 Å². The molecule has 2 atom stereocenters. The molecule has 1 aromatic carbocycles. The van der Waals surface area contributed by atoms with Crippen molar-refractivity contribution < 1.29 is 9.47 Å². The third-order valence-corrected chi connectivity index (χ3v) is 6.15. The average Bonchev–Trinajstić information content (AvgIpc) is 2.47. The van der Waals surface area contributed by atoms with Gasteiger partial charge in [-0.05, 0) is 36.3 Å². The molecular weight excluding hydrogens is 280 g/mol. The van der Waals surface area contributed by atoms with E-state index in [2.05, 4.69) is 51.1 Å². The summed E-state index contributed by atoms with van der Waals surface area (Å²) < 4.78 is 11.7. The Hall–Kier alpha value is -0.510. The molecule has 1 aliphatic carbocycles. The van der Waals surface area contributed by atoms with Crippen LogP contribution in [0.4, 0.5) is 0 Å². The molecule has 0 spiro atoms. The van der Waals surface area contributed by atoms with Gasteiger partial charge in [0, 0.05) is 25.5 Å². The minimum atomic E-state index is -0.456. The van der Waals surface area contributed by atoms with Crippen LogP contribution in [-0.2, 0) is 9.47 Å².